The van der Waals surface area contributed by atoms with Crippen molar-refractivity contribution in [1.82, 2.24) is 14.5 Å². The second kappa shape index (κ2) is 4.72. The zero-order valence-electron chi connectivity index (χ0n) is 11.1. The van der Waals surface area contributed by atoms with Gasteiger partial charge in [-0.25, -0.2) is 9.97 Å². The van der Waals surface area contributed by atoms with Crippen molar-refractivity contribution in [3.8, 4) is 0 Å². The Morgan fingerprint density at radius 1 is 1.16 bits per heavy atom. The van der Waals surface area contributed by atoms with Crippen LogP contribution in [0.2, 0.25) is 0 Å². The van der Waals surface area contributed by atoms with E-state index in [4.69, 9.17) is 0 Å². The van der Waals surface area contributed by atoms with Crippen molar-refractivity contribution in [1.29, 1.82) is 0 Å². The Hall–Kier alpha value is -2.36. The van der Waals surface area contributed by atoms with Gasteiger partial charge in [0.1, 0.15) is 11.6 Å². The molecular formula is C15H16N4. The van der Waals surface area contributed by atoms with Crippen molar-refractivity contribution in [2.24, 2.45) is 0 Å². The van der Waals surface area contributed by atoms with E-state index in [0.717, 1.165) is 29.2 Å². The van der Waals surface area contributed by atoms with Crippen molar-refractivity contribution >= 4 is 16.9 Å². The monoisotopic (exact) mass is 252 g/mol. The number of aryl methyl sites for hydroxylation is 1. The second-order valence-corrected chi connectivity index (χ2v) is 4.54. The molecule has 2 heterocycles. The topological polar surface area (TPSA) is 42.7 Å². The number of fused-ring (bicyclic) bond motifs is 1. The molecule has 0 fully saturated rings. The van der Waals surface area contributed by atoms with Gasteiger partial charge in [-0.2, -0.15) is 0 Å². The van der Waals surface area contributed by atoms with E-state index in [2.05, 4.69) is 32.0 Å². The van der Waals surface area contributed by atoms with Gasteiger partial charge in [0.15, 0.2) is 0 Å². The van der Waals surface area contributed by atoms with E-state index in [1.165, 1.54) is 5.56 Å². The molecule has 0 saturated carbocycles. The average molecular weight is 252 g/mol. The molecule has 4 heteroatoms. The fraction of sp³-hybridized carbons (Fsp3) is 0.200. The average Bonchev–Trinajstić information content (AvgIpc) is 2.76. The fourth-order valence-corrected chi connectivity index (χ4v) is 2.24. The Labute approximate surface area is 112 Å². The summed E-state index contributed by atoms with van der Waals surface area (Å²) >= 11 is 0. The first-order chi connectivity index (χ1) is 9.28. The van der Waals surface area contributed by atoms with Crippen LogP contribution < -0.4 is 5.32 Å². The molecule has 0 saturated heterocycles. The van der Waals surface area contributed by atoms with E-state index in [9.17, 15) is 0 Å². The third kappa shape index (κ3) is 2.17. The molecule has 1 aromatic carbocycles. The maximum Gasteiger partial charge on any atom is 0.125 e. The van der Waals surface area contributed by atoms with Crippen LogP contribution in [-0.4, -0.2) is 21.6 Å². The number of benzene rings is 1. The van der Waals surface area contributed by atoms with E-state index >= 15 is 0 Å². The molecule has 2 aromatic heterocycles. The minimum Gasteiger partial charge on any atom is -0.373 e. The van der Waals surface area contributed by atoms with Crippen LogP contribution >= 0.6 is 0 Å². The largest absolute Gasteiger partial charge is 0.373 e. The lowest BCUT2D eigenvalue weighted by molar-refractivity contribution is 0.783. The number of hydrogen-bond acceptors (Lipinski definition) is 3. The number of aromatic nitrogens is 3. The van der Waals surface area contributed by atoms with Crippen LogP contribution in [0.15, 0.2) is 42.6 Å². The number of pyridine rings is 1. The van der Waals surface area contributed by atoms with Crippen molar-refractivity contribution in [2.45, 2.75) is 13.5 Å². The quantitative estimate of drug-likeness (QED) is 0.779. The summed E-state index contributed by atoms with van der Waals surface area (Å²) in [6, 6.07) is 12.3. The summed E-state index contributed by atoms with van der Waals surface area (Å²) in [7, 11) is 1.87. The Morgan fingerprint density at radius 2 is 2.00 bits per heavy atom. The summed E-state index contributed by atoms with van der Waals surface area (Å²) in [5, 5.41) is 3.02. The molecule has 3 rings (SSSR count). The Kier molecular flexibility index (Phi) is 2.91. The summed E-state index contributed by atoms with van der Waals surface area (Å²) in [4.78, 5) is 8.92. The van der Waals surface area contributed by atoms with Crippen LogP contribution in [0.5, 0.6) is 0 Å². The third-order valence-corrected chi connectivity index (χ3v) is 3.27. The number of anilines is 1. The number of nitrogens with zero attached hydrogens (tertiary/aromatic N) is 3. The van der Waals surface area contributed by atoms with Crippen LogP contribution in [0.3, 0.4) is 0 Å². The highest BCUT2D eigenvalue weighted by molar-refractivity contribution is 5.75. The number of nitrogens with one attached hydrogen (secondary N) is 1. The Morgan fingerprint density at radius 3 is 2.74 bits per heavy atom. The van der Waals surface area contributed by atoms with Gasteiger partial charge in [-0.3, -0.25) is 0 Å². The molecule has 4 nitrogen and oxygen atoms in total. The van der Waals surface area contributed by atoms with Crippen molar-refractivity contribution in [3.63, 3.8) is 0 Å². The van der Waals surface area contributed by atoms with Gasteiger partial charge < -0.3 is 9.88 Å². The lowest BCUT2D eigenvalue weighted by Crippen LogP contribution is -2.03. The molecule has 0 spiro atoms. The number of para-hydroxylation sites is 2. The SMILES string of the molecule is CNc1ccc(Cn2c(C)nc3ccccc32)cn1. The molecule has 1 N–H and O–H groups in total. The van der Waals surface area contributed by atoms with Gasteiger partial charge in [-0.05, 0) is 30.7 Å². The highest BCUT2D eigenvalue weighted by Crippen LogP contribution is 2.17. The summed E-state index contributed by atoms with van der Waals surface area (Å²) in [5.41, 5.74) is 3.38. The first kappa shape index (κ1) is 11.7. The smallest absolute Gasteiger partial charge is 0.125 e. The van der Waals surface area contributed by atoms with Gasteiger partial charge in [-0.15, -0.1) is 0 Å². The molecule has 96 valence electrons. The molecule has 0 aliphatic heterocycles. The predicted molar refractivity (Wildman–Crippen MR) is 77.4 cm³/mol. The van der Waals surface area contributed by atoms with Gasteiger partial charge in [0.05, 0.1) is 17.6 Å². The van der Waals surface area contributed by atoms with E-state index < -0.39 is 0 Å². The second-order valence-electron chi connectivity index (χ2n) is 4.54. The molecule has 0 aliphatic rings. The molecule has 0 atom stereocenters. The molecule has 0 radical (unpaired) electrons. The predicted octanol–water partition coefficient (Wildman–Crippen LogP) is 2.83. The zero-order valence-corrected chi connectivity index (χ0v) is 11.1. The van der Waals surface area contributed by atoms with Crippen LogP contribution in [-0.2, 0) is 6.54 Å². The normalized spacial score (nSPS) is 10.8. The Bertz CT molecular complexity index is 698. The number of imidazole rings is 1. The fourth-order valence-electron chi connectivity index (χ4n) is 2.24. The van der Waals surface area contributed by atoms with Gasteiger partial charge in [0, 0.05) is 13.2 Å². The first-order valence-corrected chi connectivity index (χ1v) is 6.32. The highest BCUT2D eigenvalue weighted by Gasteiger charge is 2.07. The van der Waals surface area contributed by atoms with Gasteiger partial charge >= 0.3 is 0 Å². The van der Waals surface area contributed by atoms with Gasteiger partial charge in [-0.1, -0.05) is 18.2 Å². The van der Waals surface area contributed by atoms with Crippen LogP contribution in [0.4, 0.5) is 5.82 Å². The zero-order chi connectivity index (χ0) is 13.2. The van der Waals surface area contributed by atoms with Gasteiger partial charge in [0.2, 0.25) is 0 Å². The standard InChI is InChI=1S/C15H16N4/c1-11-18-13-5-3-4-6-14(13)19(11)10-12-7-8-15(16-2)17-9-12/h3-9H,10H2,1-2H3,(H,16,17). The first-order valence-electron chi connectivity index (χ1n) is 6.32. The molecule has 19 heavy (non-hydrogen) atoms. The minimum atomic E-state index is 0.795. The summed E-state index contributed by atoms with van der Waals surface area (Å²) < 4.78 is 2.21. The molecule has 3 aromatic rings. The molecule has 0 amide bonds. The molecule has 0 bridgehead atoms. The van der Waals surface area contributed by atoms with Crippen LogP contribution in [0.1, 0.15) is 11.4 Å². The van der Waals surface area contributed by atoms with Crippen molar-refractivity contribution in [3.05, 3.63) is 54.0 Å². The van der Waals surface area contributed by atoms with Crippen molar-refractivity contribution < 1.29 is 0 Å². The summed E-state index contributed by atoms with van der Waals surface area (Å²) in [5.74, 6) is 1.91. The third-order valence-electron chi connectivity index (χ3n) is 3.27. The van der Waals surface area contributed by atoms with Gasteiger partial charge in [0.25, 0.3) is 0 Å². The molecular weight excluding hydrogens is 236 g/mol. The highest BCUT2D eigenvalue weighted by atomic mass is 15.1. The van der Waals surface area contributed by atoms with E-state index in [1.54, 1.807) is 0 Å². The minimum absolute atomic E-state index is 0.795. The summed E-state index contributed by atoms with van der Waals surface area (Å²) in [6.07, 6.45) is 1.90. The molecule has 0 aliphatic carbocycles. The van der Waals surface area contributed by atoms with Crippen LogP contribution in [0.25, 0.3) is 11.0 Å². The van der Waals surface area contributed by atoms with Crippen molar-refractivity contribution in [2.75, 3.05) is 12.4 Å². The lowest BCUT2D eigenvalue weighted by atomic mass is 10.2. The van der Waals surface area contributed by atoms with Crippen LogP contribution in [0, 0.1) is 6.92 Å². The van der Waals surface area contributed by atoms with E-state index in [1.807, 2.05) is 44.4 Å². The Balaban J connectivity index is 1.98. The van der Waals surface area contributed by atoms with E-state index in [0.29, 0.717) is 0 Å². The van der Waals surface area contributed by atoms with E-state index in [-0.39, 0.29) is 0 Å². The maximum absolute atomic E-state index is 4.57. The number of rotatable bonds is 3. The maximum atomic E-state index is 4.57. The number of hydrogen-bond donors (Lipinski definition) is 1. The summed E-state index contributed by atoms with van der Waals surface area (Å²) in [6.45, 7) is 2.83. The molecule has 0 unspecified atom stereocenters. The lowest BCUT2D eigenvalue weighted by Gasteiger charge is -2.07.